The maximum Gasteiger partial charge on any atom is 0.330 e. The Bertz CT molecular complexity index is 530. The number of methoxy groups -OCH3 is 2. The summed E-state index contributed by atoms with van der Waals surface area (Å²) in [5.74, 6) is 1.19. The van der Waals surface area contributed by atoms with Crippen LogP contribution in [0.2, 0.25) is 0 Å². The topological polar surface area (TPSA) is 44.8 Å². The van der Waals surface area contributed by atoms with E-state index in [0.717, 1.165) is 33.8 Å². The smallest absolute Gasteiger partial charge is 0.330 e. The zero-order valence-corrected chi connectivity index (χ0v) is 13.0. The van der Waals surface area contributed by atoms with Crippen LogP contribution in [-0.2, 0) is 9.53 Å². The molecule has 4 heteroatoms. The van der Waals surface area contributed by atoms with Gasteiger partial charge in [-0.1, -0.05) is 0 Å². The van der Waals surface area contributed by atoms with E-state index in [1.807, 2.05) is 20.8 Å². The molecule has 0 aliphatic carbocycles. The van der Waals surface area contributed by atoms with Crippen molar-refractivity contribution in [2.24, 2.45) is 0 Å². The van der Waals surface area contributed by atoms with Crippen molar-refractivity contribution in [2.75, 3.05) is 20.8 Å². The maximum atomic E-state index is 11.5. The van der Waals surface area contributed by atoms with Gasteiger partial charge in [-0.25, -0.2) is 4.79 Å². The number of rotatable bonds is 5. The predicted octanol–water partition coefficient (Wildman–Crippen LogP) is 3.21. The second kappa shape index (κ2) is 6.98. The zero-order chi connectivity index (χ0) is 15.3. The second-order valence-electron chi connectivity index (χ2n) is 4.44. The van der Waals surface area contributed by atoms with Crippen LogP contribution >= 0.6 is 0 Å². The monoisotopic (exact) mass is 278 g/mol. The molecule has 0 aliphatic heterocycles. The third-order valence-corrected chi connectivity index (χ3v) is 3.31. The van der Waals surface area contributed by atoms with Gasteiger partial charge in [0.2, 0.25) is 0 Å². The van der Waals surface area contributed by atoms with Crippen LogP contribution in [0.4, 0.5) is 0 Å². The second-order valence-corrected chi connectivity index (χ2v) is 4.44. The van der Waals surface area contributed by atoms with Crippen LogP contribution < -0.4 is 9.47 Å². The van der Waals surface area contributed by atoms with Crippen LogP contribution in [0.25, 0.3) is 6.08 Å². The van der Waals surface area contributed by atoms with Crippen molar-refractivity contribution in [3.8, 4) is 11.5 Å². The van der Waals surface area contributed by atoms with Crippen molar-refractivity contribution in [1.82, 2.24) is 0 Å². The molecule has 0 atom stereocenters. The number of ether oxygens (including phenoxy) is 3. The first-order valence-electron chi connectivity index (χ1n) is 6.54. The van der Waals surface area contributed by atoms with Gasteiger partial charge >= 0.3 is 5.97 Å². The number of hydrogen-bond acceptors (Lipinski definition) is 4. The Labute approximate surface area is 120 Å². The lowest BCUT2D eigenvalue weighted by Crippen LogP contribution is -2.02. The molecule has 0 N–H and O–H groups in total. The van der Waals surface area contributed by atoms with Gasteiger partial charge in [0.15, 0.2) is 0 Å². The average Bonchev–Trinajstić information content (AvgIpc) is 2.42. The third kappa shape index (κ3) is 3.13. The number of carbonyl (C=O) groups excluding carboxylic acids is 1. The standard InChI is InChI=1S/C16H22O4/c1-7-20-14(17)9-8-13-12(4)15(18-5)10(2)11(3)16(13)19-6/h8-9H,7H2,1-6H3. The summed E-state index contributed by atoms with van der Waals surface area (Å²) in [7, 11) is 3.26. The highest BCUT2D eigenvalue weighted by atomic mass is 16.5. The fraction of sp³-hybridized carbons (Fsp3) is 0.438. The molecular weight excluding hydrogens is 256 g/mol. The van der Waals surface area contributed by atoms with Crippen molar-refractivity contribution >= 4 is 12.0 Å². The molecular formula is C16H22O4. The summed E-state index contributed by atoms with van der Waals surface area (Å²) < 4.78 is 15.8. The highest BCUT2D eigenvalue weighted by Crippen LogP contribution is 2.38. The largest absolute Gasteiger partial charge is 0.496 e. The van der Waals surface area contributed by atoms with Crippen molar-refractivity contribution in [2.45, 2.75) is 27.7 Å². The SMILES string of the molecule is CCOC(=O)C=Cc1c(C)c(OC)c(C)c(C)c1OC. The van der Waals surface area contributed by atoms with Gasteiger partial charge in [0.05, 0.1) is 20.8 Å². The van der Waals surface area contributed by atoms with E-state index in [1.165, 1.54) is 6.08 Å². The van der Waals surface area contributed by atoms with Gasteiger partial charge in [-0.15, -0.1) is 0 Å². The molecule has 0 heterocycles. The molecule has 4 nitrogen and oxygen atoms in total. The average molecular weight is 278 g/mol. The van der Waals surface area contributed by atoms with Gasteiger partial charge in [0.1, 0.15) is 11.5 Å². The van der Waals surface area contributed by atoms with Gasteiger partial charge < -0.3 is 14.2 Å². The number of carbonyl (C=O) groups is 1. The molecule has 0 saturated heterocycles. The van der Waals surface area contributed by atoms with Crippen LogP contribution in [0.1, 0.15) is 29.2 Å². The highest BCUT2D eigenvalue weighted by Gasteiger charge is 2.17. The molecule has 0 aliphatic rings. The van der Waals surface area contributed by atoms with E-state index in [1.54, 1.807) is 27.2 Å². The maximum absolute atomic E-state index is 11.5. The van der Waals surface area contributed by atoms with Crippen LogP contribution in [0.5, 0.6) is 11.5 Å². The van der Waals surface area contributed by atoms with E-state index in [-0.39, 0.29) is 5.97 Å². The van der Waals surface area contributed by atoms with Crippen LogP contribution in [-0.4, -0.2) is 26.8 Å². The number of benzene rings is 1. The molecule has 1 aromatic rings. The molecule has 1 aromatic carbocycles. The lowest BCUT2D eigenvalue weighted by molar-refractivity contribution is -0.137. The summed E-state index contributed by atoms with van der Waals surface area (Å²) in [6.45, 7) is 8.03. The van der Waals surface area contributed by atoms with Gasteiger partial charge in [0, 0.05) is 17.2 Å². The number of esters is 1. The summed E-state index contributed by atoms with van der Waals surface area (Å²) in [6, 6.07) is 0. The molecule has 0 radical (unpaired) electrons. The van der Waals surface area contributed by atoms with E-state index in [2.05, 4.69) is 0 Å². The van der Waals surface area contributed by atoms with Gasteiger partial charge in [0.25, 0.3) is 0 Å². The van der Waals surface area contributed by atoms with Crippen LogP contribution in [0, 0.1) is 20.8 Å². The minimum Gasteiger partial charge on any atom is -0.496 e. The molecule has 0 spiro atoms. The van der Waals surface area contributed by atoms with E-state index < -0.39 is 0 Å². The quantitative estimate of drug-likeness (QED) is 0.613. The number of hydrogen-bond donors (Lipinski definition) is 0. The summed E-state index contributed by atoms with van der Waals surface area (Å²) >= 11 is 0. The van der Waals surface area contributed by atoms with Crippen molar-refractivity contribution in [3.05, 3.63) is 28.3 Å². The van der Waals surface area contributed by atoms with Crippen molar-refractivity contribution in [1.29, 1.82) is 0 Å². The summed E-state index contributed by atoms with van der Waals surface area (Å²) in [5.41, 5.74) is 3.81. The highest BCUT2D eigenvalue weighted by molar-refractivity contribution is 5.88. The normalized spacial score (nSPS) is 10.7. The third-order valence-electron chi connectivity index (χ3n) is 3.31. The predicted molar refractivity (Wildman–Crippen MR) is 79.4 cm³/mol. The van der Waals surface area contributed by atoms with E-state index in [4.69, 9.17) is 14.2 Å². The van der Waals surface area contributed by atoms with Gasteiger partial charge in [-0.2, -0.15) is 0 Å². The zero-order valence-electron chi connectivity index (χ0n) is 13.0. The molecule has 1 rings (SSSR count). The molecule has 110 valence electrons. The lowest BCUT2D eigenvalue weighted by atomic mass is 9.97. The Kier molecular flexibility index (Phi) is 5.62. The van der Waals surface area contributed by atoms with Crippen LogP contribution in [0.3, 0.4) is 0 Å². The minimum absolute atomic E-state index is 0.357. The van der Waals surface area contributed by atoms with Crippen molar-refractivity contribution < 1.29 is 19.0 Å². The van der Waals surface area contributed by atoms with Crippen molar-refractivity contribution in [3.63, 3.8) is 0 Å². The van der Waals surface area contributed by atoms with Gasteiger partial charge in [-0.05, 0) is 44.9 Å². The van der Waals surface area contributed by atoms with E-state index in [0.29, 0.717) is 6.61 Å². The first kappa shape index (κ1) is 16.1. The summed E-state index contributed by atoms with van der Waals surface area (Å²) in [5, 5.41) is 0. The molecule has 0 unspecified atom stereocenters. The molecule has 0 aromatic heterocycles. The Hall–Kier alpha value is -1.97. The fourth-order valence-corrected chi connectivity index (χ4v) is 2.23. The van der Waals surface area contributed by atoms with E-state index in [9.17, 15) is 4.79 Å². The van der Waals surface area contributed by atoms with E-state index >= 15 is 0 Å². The molecule has 20 heavy (non-hydrogen) atoms. The molecule has 0 fully saturated rings. The first-order chi connectivity index (χ1) is 9.47. The molecule has 0 saturated carbocycles. The Morgan fingerprint density at radius 1 is 1.00 bits per heavy atom. The van der Waals surface area contributed by atoms with Gasteiger partial charge in [-0.3, -0.25) is 0 Å². The molecule has 0 amide bonds. The fourth-order valence-electron chi connectivity index (χ4n) is 2.23. The molecule has 0 bridgehead atoms. The Balaban J connectivity index is 3.37. The Morgan fingerprint density at radius 2 is 1.55 bits per heavy atom. The minimum atomic E-state index is -0.369. The summed E-state index contributed by atoms with van der Waals surface area (Å²) in [6.07, 6.45) is 3.11. The lowest BCUT2D eigenvalue weighted by Gasteiger charge is -2.18. The Morgan fingerprint density at radius 3 is 2.05 bits per heavy atom. The summed E-state index contributed by atoms with van der Waals surface area (Å²) in [4.78, 5) is 11.5. The van der Waals surface area contributed by atoms with Crippen LogP contribution in [0.15, 0.2) is 6.08 Å². The first-order valence-corrected chi connectivity index (χ1v) is 6.54.